The summed E-state index contributed by atoms with van der Waals surface area (Å²) in [6.45, 7) is 2.17. The van der Waals surface area contributed by atoms with Crippen LogP contribution in [0, 0.1) is 6.92 Å². The minimum absolute atomic E-state index is 0.00756. The third kappa shape index (κ3) is 3.55. The molecule has 0 aliphatic carbocycles. The van der Waals surface area contributed by atoms with E-state index in [1.165, 1.54) is 10.7 Å². The molecule has 0 unspecified atom stereocenters. The molecule has 0 saturated heterocycles. The van der Waals surface area contributed by atoms with Gasteiger partial charge in [0.05, 0.1) is 5.69 Å². The number of aromatic hydroxyl groups is 1. The molecular formula is C18H17N3O3. The number of amides is 1. The van der Waals surface area contributed by atoms with Crippen LogP contribution in [0.3, 0.4) is 0 Å². The Morgan fingerprint density at radius 3 is 2.71 bits per heavy atom. The van der Waals surface area contributed by atoms with Crippen LogP contribution in [0.4, 0.5) is 5.69 Å². The molecule has 0 radical (unpaired) electrons. The van der Waals surface area contributed by atoms with Gasteiger partial charge in [-0.1, -0.05) is 30.3 Å². The summed E-state index contributed by atoms with van der Waals surface area (Å²) in [7, 11) is 0. The number of ether oxygens (including phenoxy) is 1. The molecule has 24 heavy (non-hydrogen) atoms. The summed E-state index contributed by atoms with van der Waals surface area (Å²) in [6, 6.07) is 15.8. The van der Waals surface area contributed by atoms with Crippen LogP contribution >= 0.6 is 0 Å². The van der Waals surface area contributed by atoms with Gasteiger partial charge in [0.1, 0.15) is 11.5 Å². The first kappa shape index (κ1) is 15.6. The van der Waals surface area contributed by atoms with Crippen LogP contribution in [0.15, 0.2) is 60.8 Å². The standard InChI is InChI=1S/C18H17N3O3/c1-13-6-2-5-9-17(13)24-12-21-11-10-15(20-21)18(23)19-14-7-3-4-8-16(14)22/h2-11,22H,12H2,1H3,(H,19,23). The highest BCUT2D eigenvalue weighted by atomic mass is 16.5. The van der Waals surface area contributed by atoms with Crippen LogP contribution in [0.5, 0.6) is 11.5 Å². The van der Waals surface area contributed by atoms with E-state index in [1.54, 1.807) is 30.5 Å². The van der Waals surface area contributed by atoms with Gasteiger partial charge in [0.2, 0.25) is 0 Å². The number of nitrogens with one attached hydrogen (secondary N) is 1. The molecule has 0 aliphatic rings. The fourth-order valence-corrected chi connectivity index (χ4v) is 2.17. The molecule has 2 N–H and O–H groups in total. The molecule has 0 saturated carbocycles. The molecule has 6 heteroatoms. The van der Waals surface area contributed by atoms with E-state index in [-0.39, 0.29) is 18.2 Å². The first-order valence-electron chi connectivity index (χ1n) is 7.45. The summed E-state index contributed by atoms with van der Waals surface area (Å²) < 4.78 is 7.22. The number of phenols is 1. The average molecular weight is 323 g/mol. The van der Waals surface area contributed by atoms with Crippen molar-refractivity contribution >= 4 is 11.6 Å². The predicted octanol–water partition coefficient (Wildman–Crippen LogP) is 3.19. The first-order chi connectivity index (χ1) is 11.6. The Morgan fingerprint density at radius 1 is 1.17 bits per heavy atom. The monoisotopic (exact) mass is 323 g/mol. The Bertz CT molecular complexity index is 858. The summed E-state index contributed by atoms with van der Waals surface area (Å²) >= 11 is 0. The van der Waals surface area contributed by atoms with Gasteiger partial charge in [0.25, 0.3) is 5.91 Å². The number of phenolic OH excluding ortho intramolecular Hbond substituents is 1. The minimum atomic E-state index is -0.397. The third-order valence-corrected chi connectivity index (χ3v) is 3.47. The molecule has 1 amide bonds. The Hall–Kier alpha value is -3.28. The normalized spacial score (nSPS) is 10.4. The number of hydrogen-bond donors (Lipinski definition) is 2. The van der Waals surface area contributed by atoms with Crippen molar-refractivity contribution in [1.82, 2.24) is 9.78 Å². The zero-order chi connectivity index (χ0) is 16.9. The lowest BCUT2D eigenvalue weighted by atomic mass is 10.2. The number of aromatic nitrogens is 2. The number of carbonyl (C=O) groups is 1. The van der Waals surface area contributed by atoms with Crippen molar-refractivity contribution in [2.24, 2.45) is 0 Å². The second kappa shape index (κ2) is 6.87. The highest BCUT2D eigenvalue weighted by Gasteiger charge is 2.12. The Labute approximate surface area is 139 Å². The van der Waals surface area contributed by atoms with Crippen molar-refractivity contribution in [3.63, 3.8) is 0 Å². The van der Waals surface area contributed by atoms with E-state index >= 15 is 0 Å². The number of carbonyl (C=O) groups excluding carboxylic acids is 1. The van der Waals surface area contributed by atoms with Gasteiger partial charge in [-0.2, -0.15) is 5.10 Å². The highest BCUT2D eigenvalue weighted by molar-refractivity contribution is 6.03. The molecule has 6 nitrogen and oxygen atoms in total. The summed E-state index contributed by atoms with van der Waals surface area (Å²) in [5, 5.41) is 16.5. The Morgan fingerprint density at radius 2 is 1.92 bits per heavy atom. The average Bonchev–Trinajstić information content (AvgIpc) is 3.05. The summed E-state index contributed by atoms with van der Waals surface area (Å²) in [5.41, 5.74) is 1.61. The Kier molecular flexibility index (Phi) is 4.47. The minimum Gasteiger partial charge on any atom is -0.506 e. The van der Waals surface area contributed by atoms with Crippen LogP contribution in [-0.4, -0.2) is 20.8 Å². The summed E-state index contributed by atoms with van der Waals surface area (Å²) in [6.07, 6.45) is 1.66. The predicted molar refractivity (Wildman–Crippen MR) is 90.1 cm³/mol. The van der Waals surface area contributed by atoms with Crippen molar-refractivity contribution in [2.45, 2.75) is 13.7 Å². The maximum Gasteiger partial charge on any atom is 0.276 e. The van der Waals surface area contributed by atoms with Gasteiger partial charge < -0.3 is 15.2 Å². The second-order valence-electron chi connectivity index (χ2n) is 5.25. The molecular weight excluding hydrogens is 306 g/mol. The van der Waals surface area contributed by atoms with E-state index in [2.05, 4.69) is 10.4 Å². The molecule has 2 aromatic carbocycles. The first-order valence-corrected chi connectivity index (χ1v) is 7.45. The third-order valence-electron chi connectivity index (χ3n) is 3.47. The van der Waals surface area contributed by atoms with Gasteiger partial charge in [-0.05, 0) is 36.8 Å². The van der Waals surface area contributed by atoms with Crippen molar-refractivity contribution in [3.05, 3.63) is 72.1 Å². The highest BCUT2D eigenvalue weighted by Crippen LogP contribution is 2.22. The van der Waals surface area contributed by atoms with Crippen LogP contribution in [-0.2, 0) is 6.73 Å². The number of nitrogens with zero attached hydrogens (tertiary/aromatic N) is 2. The summed E-state index contributed by atoms with van der Waals surface area (Å²) in [5.74, 6) is 0.382. The molecule has 1 heterocycles. The van der Waals surface area contributed by atoms with Gasteiger partial charge in [0.15, 0.2) is 12.4 Å². The topological polar surface area (TPSA) is 76.4 Å². The van der Waals surface area contributed by atoms with E-state index in [4.69, 9.17) is 4.74 Å². The maximum atomic E-state index is 12.2. The van der Waals surface area contributed by atoms with Crippen LogP contribution in [0.25, 0.3) is 0 Å². The number of benzene rings is 2. The number of anilines is 1. The molecule has 3 aromatic rings. The van der Waals surface area contributed by atoms with Crippen molar-refractivity contribution in [1.29, 1.82) is 0 Å². The van der Waals surface area contributed by atoms with Gasteiger partial charge in [-0.3, -0.25) is 4.79 Å². The van der Waals surface area contributed by atoms with Crippen LogP contribution in [0.2, 0.25) is 0 Å². The van der Waals surface area contributed by atoms with Crippen LogP contribution < -0.4 is 10.1 Å². The zero-order valence-corrected chi connectivity index (χ0v) is 13.1. The lowest BCUT2D eigenvalue weighted by molar-refractivity contribution is 0.101. The zero-order valence-electron chi connectivity index (χ0n) is 13.1. The molecule has 0 spiro atoms. The SMILES string of the molecule is Cc1ccccc1OCn1ccc(C(=O)Nc2ccccc2O)n1. The van der Waals surface area contributed by atoms with E-state index in [9.17, 15) is 9.90 Å². The number of hydrogen-bond acceptors (Lipinski definition) is 4. The molecule has 0 bridgehead atoms. The van der Waals surface area contributed by atoms with Crippen molar-refractivity contribution < 1.29 is 14.6 Å². The van der Waals surface area contributed by atoms with Crippen molar-refractivity contribution in [2.75, 3.05) is 5.32 Å². The number of para-hydroxylation sites is 3. The number of rotatable bonds is 5. The second-order valence-corrected chi connectivity index (χ2v) is 5.25. The van der Waals surface area contributed by atoms with Gasteiger partial charge in [-0.15, -0.1) is 0 Å². The van der Waals surface area contributed by atoms with E-state index < -0.39 is 5.91 Å². The molecule has 3 rings (SSSR count). The maximum absolute atomic E-state index is 12.2. The van der Waals surface area contributed by atoms with Crippen LogP contribution in [0.1, 0.15) is 16.1 Å². The van der Waals surface area contributed by atoms with Gasteiger partial charge >= 0.3 is 0 Å². The molecule has 0 aliphatic heterocycles. The quantitative estimate of drug-likeness (QED) is 0.707. The van der Waals surface area contributed by atoms with Gasteiger partial charge in [-0.25, -0.2) is 4.68 Å². The molecule has 122 valence electrons. The Balaban J connectivity index is 1.64. The number of aryl methyl sites for hydroxylation is 1. The largest absolute Gasteiger partial charge is 0.506 e. The fraction of sp³-hybridized carbons (Fsp3) is 0.111. The molecule has 0 fully saturated rings. The van der Waals surface area contributed by atoms with E-state index in [0.717, 1.165) is 11.3 Å². The summed E-state index contributed by atoms with van der Waals surface area (Å²) in [4.78, 5) is 12.2. The van der Waals surface area contributed by atoms with E-state index in [0.29, 0.717) is 5.69 Å². The fourth-order valence-electron chi connectivity index (χ4n) is 2.17. The molecule has 0 atom stereocenters. The smallest absolute Gasteiger partial charge is 0.276 e. The van der Waals surface area contributed by atoms with E-state index in [1.807, 2.05) is 31.2 Å². The van der Waals surface area contributed by atoms with Gasteiger partial charge in [0, 0.05) is 6.20 Å². The lowest BCUT2D eigenvalue weighted by Crippen LogP contribution is -2.14. The van der Waals surface area contributed by atoms with Crippen molar-refractivity contribution in [3.8, 4) is 11.5 Å². The lowest BCUT2D eigenvalue weighted by Gasteiger charge is -2.08. The molecule has 1 aromatic heterocycles.